The van der Waals surface area contributed by atoms with Gasteiger partial charge in [-0.2, -0.15) is 0 Å². The first kappa shape index (κ1) is 18.8. The molecule has 7 heteroatoms. The van der Waals surface area contributed by atoms with Gasteiger partial charge in [0, 0.05) is 44.1 Å². The van der Waals surface area contributed by atoms with Crippen LogP contribution in [0, 0.1) is 5.82 Å². The second-order valence-electron chi connectivity index (χ2n) is 6.64. The lowest BCUT2D eigenvalue weighted by atomic mass is 10.1. The Morgan fingerprint density at radius 2 is 1.67 bits per heavy atom. The molecule has 0 atom stereocenters. The Morgan fingerprint density at radius 3 is 2.19 bits per heavy atom. The Morgan fingerprint density at radius 1 is 1.04 bits per heavy atom. The van der Waals surface area contributed by atoms with E-state index in [1.807, 2.05) is 13.8 Å². The third kappa shape index (κ3) is 4.42. The molecule has 1 saturated heterocycles. The van der Waals surface area contributed by atoms with Gasteiger partial charge in [-0.3, -0.25) is 14.6 Å². The number of pyridine rings is 1. The number of carbonyl (C=O) groups excluding carboxylic acids is 2. The maximum Gasteiger partial charge on any atom is 0.255 e. The van der Waals surface area contributed by atoms with Crippen molar-refractivity contribution >= 4 is 11.8 Å². The van der Waals surface area contributed by atoms with E-state index in [0.29, 0.717) is 31.7 Å². The number of piperazine rings is 1. The molecular weight excluding hydrogens is 349 g/mol. The summed E-state index contributed by atoms with van der Waals surface area (Å²) in [7, 11) is 0. The lowest BCUT2D eigenvalue weighted by Gasteiger charge is -2.34. The highest BCUT2D eigenvalue weighted by atomic mass is 19.1. The molecule has 2 amide bonds. The van der Waals surface area contributed by atoms with Crippen molar-refractivity contribution < 1.29 is 18.7 Å². The van der Waals surface area contributed by atoms with E-state index in [-0.39, 0.29) is 29.2 Å². The van der Waals surface area contributed by atoms with E-state index >= 15 is 0 Å². The Bertz CT molecular complexity index is 818. The topological polar surface area (TPSA) is 62.7 Å². The summed E-state index contributed by atoms with van der Waals surface area (Å²) in [6, 6.07) is 7.68. The van der Waals surface area contributed by atoms with Crippen molar-refractivity contribution in [1.82, 2.24) is 14.8 Å². The zero-order valence-corrected chi connectivity index (χ0v) is 15.4. The predicted octanol–water partition coefficient (Wildman–Crippen LogP) is 2.61. The lowest BCUT2D eigenvalue weighted by Crippen LogP contribution is -2.50. The van der Waals surface area contributed by atoms with Gasteiger partial charge in [0.25, 0.3) is 11.8 Å². The molecule has 0 bridgehead atoms. The number of hydrogen-bond acceptors (Lipinski definition) is 4. The normalized spacial score (nSPS) is 14.4. The first-order valence-corrected chi connectivity index (χ1v) is 8.90. The van der Waals surface area contributed by atoms with Gasteiger partial charge in [0.05, 0.1) is 11.7 Å². The minimum atomic E-state index is -0.556. The average Bonchev–Trinajstić information content (AvgIpc) is 2.69. The van der Waals surface area contributed by atoms with Crippen LogP contribution >= 0.6 is 0 Å². The number of amides is 2. The molecule has 1 aliphatic rings. The van der Waals surface area contributed by atoms with Crippen molar-refractivity contribution in [1.29, 1.82) is 0 Å². The Labute approximate surface area is 157 Å². The minimum Gasteiger partial charge on any atom is -0.488 e. The average molecular weight is 371 g/mol. The third-order valence-electron chi connectivity index (χ3n) is 4.30. The Kier molecular flexibility index (Phi) is 5.69. The standard InChI is InChI=1S/C20H22FN3O3/c1-14(2)27-18-6-5-15(12-17(18)21)19(25)23-8-10-24(11-9-23)20(26)16-4-3-7-22-13-16/h3-7,12-14H,8-11H2,1-2H3. The molecule has 2 aromatic rings. The van der Waals surface area contributed by atoms with E-state index in [9.17, 15) is 14.0 Å². The number of ether oxygens (including phenoxy) is 1. The highest BCUT2D eigenvalue weighted by Gasteiger charge is 2.26. The van der Waals surface area contributed by atoms with Gasteiger partial charge in [0.1, 0.15) is 0 Å². The minimum absolute atomic E-state index is 0.101. The number of benzene rings is 1. The largest absolute Gasteiger partial charge is 0.488 e. The van der Waals surface area contributed by atoms with E-state index in [4.69, 9.17) is 4.74 Å². The molecular formula is C20H22FN3O3. The zero-order chi connectivity index (χ0) is 19.4. The van der Waals surface area contributed by atoms with Crippen molar-refractivity contribution in [2.75, 3.05) is 26.2 Å². The number of carbonyl (C=O) groups is 2. The predicted molar refractivity (Wildman–Crippen MR) is 98.2 cm³/mol. The summed E-state index contributed by atoms with van der Waals surface area (Å²) >= 11 is 0. The maximum atomic E-state index is 14.1. The summed E-state index contributed by atoms with van der Waals surface area (Å²) in [5.74, 6) is -0.775. The van der Waals surface area contributed by atoms with Crippen LogP contribution in [0.3, 0.4) is 0 Å². The molecule has 6 nitrogen and oxygen atoms in total. The van der Waals surface area contributed by atoms with Gasteiger partial charge in [0.15, 0.2) is 11.6 Å². The van der Waals surface area contributed by atoms with Crippen LogP contribution < -0.4 is 4.74 Å². The van der Waals surface area contributed by atoms with Crippen LogP contribution in [-0.4, -0.2) is 58.9 Å². The van der Waals surface area contributed by atoms with Crippen LogP contribution in [0.2, 0.25) is 0 Å². The van der Waals surface area contributed by atoms with Gasteiger partial charge >= 0.3 is 0 Å². The van der Waals surface area contributed by atoms with Gasteiger partial charge in [-0.25, -0.2) is 4.39 Å². The number of nitrogens with zero attached hydrogens (tertiary/aromatic N) is 3. The Balaban J connectivity index is 1.61. The third-order valence-corrected chi connectivity index (χ3v) is 4.30. The van der Waals surface area contributed by atoms with Gasteiger partial charge in [-0.05, 0) is 44.2 Å². The van der Waals surface area contributed by atoms with Crippen molar-refractivity contribution in [2.45, 2.75) is 20.0 Å². The fourth-order valence-electron chi connectivity index (χ4n) is 2.95. The molecule has 0 N–H and O–H groups in total. The molecule has 1 aromatic heterocycles. The monoisotopic (exact) mass is 371 g/mol. The van der Waals surface area contributed by atoms with E-state index in [1.54, 1.807) is 34.2 Å². The molecule has 1 aliphatic heterocycles. The molecule has 0 aliphatic carbocycles. The molecule has 142 valence electrons. The molecule has 1 aromatic carbocycles. The molecule has 3 rings (SSSR count). The first-order chi connectivity index (χ1) is 13.0. The molecule has 0 radical (unpaired) electrons. The molecule has 27 heavy (non-hydrogen) atoms. The molecule has 0 unspecified atom stereocenters. The second-order valence-corrected chi connectivity index (χ2v) is 6.64. The van der Waals surface area contributed by atoms with Crippen molar-refractivity contribution in [2.24, 2.45) is 0 Å². The fourth-order valence-corrected chi connectivity index (χ4v) is 2.95. The first-order valence-electron chi connectivity index (χ1n) is 8.90. The molecule has 0 saturated carbocycles. The Hall–Kier alpha value is -2.96. The van der Waals surface area contributed by atoms with Crippen molar-refractivity contribution in [3.05, 3.63) is 59.7 Å². The highest BCUT2D eigenvalue weighted by molar-refractivity contribution is 5.96. The molecule has 0 spiro atoms. The summed E-state index contributed by atoms with van der Waals surface area (Å²) in [5.41, 5.74) is 0.802. The van der Waals surface area contributed by atoms with Crippen LogP contribution in [-0.2, 0) is 0 Å². The van der Waals surface area contributed by atoms with Crippen molar-refractivity contribution in [3.63, 3.8) is 0 Å². The SMILES string of the molecule is CC(C)Oc1ccc(C(=O)N2CCN(C(=O)c3cccnc3)CC2)cc1F. The van der Waals surface area contributed by atoms with Gasteiger partial charge in [0.2, 0.25) is 0 Å². The number of halogens is 1. The van der Waals surface area contributed by atoms with Crippen molar-refractivity contribution in [3.8, 4) is 5.75 Å². The fraction of sp³-hybridized carbons (Fsp3) is 0.350. The van der Waals surface area contributed by atoms with Gasteiger partial charge in [-0.1, -0.05) is 0 Å². The summed E-state index contributed by atoms with van der Waals surface area (Å²) in [6.45, 7) is 5.27. The lowest BCUT2D eigenvalue weighted by molar-refractivity contribution is 0.0535. The van der Waals surface area contributed by atoms with Crippen LogP contribution in [0.15, 0.2) is 42.7 Å². The smallest absolute Gasteiger partial charge is 0.255 e. The number of aromatic nitrogens is 1. The van der Waals surface area contributed by atoms with Crippen LogP contribution in [0.4, 0.5) is 4.39 Å². The second kappa shape index (κ2) is 8.16. The van der Waals surface area contributed by atoms with E-state index in [2.05, 4.69) is 4.98 Å². The number of rotatable bonds is 4. The quantitative estimate of drug-likeness (QED) is 0.829. The number of hydrogen-bond donors (Lipinski definition) is 0. The van der Waals surface area contributed by atoms with Crippen LogP contribution in [0.5, 0.6) is 5.75 Å². The summed E-state index contributed by atoms with van der Waals surface area (Å²) in [6.07, 6.45) is 3.00. The van der Waals surface area contributed by atoms with Crippen LogP contribution in [0.25, 0.3) is 0 Å². The summed E-state index contributed by atoms with van der Waals surface area (Å²) < 4.78 is 19.5. The highest BCUT2D eigenvalue weighted by Crippen LogP contribution is 2.21. The van der Waals surface area contributed by atoms with Gasteiger partial charge in [-0.15, -0.1) is 0 Å². The molecule has 1 fully saturated rings. The molecule has 2 heterocycles. The van der Waals surface area contributed by atoms with E-state index < -0.39 is 5.82 Å². The zero-order valence-electron chi connectivity index (χ0n) is 15.4. The summed E-state index contributed by atoms with van der Waals surface area (Å²) in [5, 5.41) is 0. The van der Waals surface area contributed by atoms with Gasteiger partial charge < -0.3 is 14.5 Å². The summed E-state index contributed by atoms with van der Waals surface area (Å²) in [4.78, 5) is 32.4. The van der Waals surface area contributed by atoms with E-state index in [0.717, 1.165) is 0 Å². The van der Waals surface area contributed by atoms with Crippen LogP contribution in [0.1, 0.15) is 34.6 Å². The van der Waals surface area contributed by atoms with E-state index in [1.165, 1.54) is 18.3 Å². The maximum absolute atomic E-state index is 14.1.